The first-order valence-corrected chi connectivity index (χ1v) is 8.00. The van der Waals surface area contributed by atoms with Gasteiger partial charge in [0, 0.05) is 11.5 Å². The molecule has 0 unspecified atom stereocenters. The van der Waals surface area contributed by atoms with Gasteiger partial charge in [-0.25, -0.2) is 4.79 Å². The maximum absolute atomic E-state index is 12.8. The summed E-state index contributed by atoms with van der Waals surface area (Å²) in [4.78, 5) is 25.4. The minimum absolute atomic E-state index is 0.0751. The summed E-state index contributed by atoms with van der Waals surface area (Å²) in [6.07, 6.45) is 1.58. The van der Waals surface area contributed by atoms with Crippen LogP contribution in [0.15, 0.2) is 72.7 Å². The van der Waals surface area contributed by atoms with Crippen LogP contribution in [0.2, 0.25) is 0 Å². The molecule has 2 rings (SSSR count). The Hall–Kier alpha value is -2.46. The van der Waals surface area contributed by atoms with Crippen LogP contribution in [0.3, 0.4) is 0 Å². The van der Waals surface area contributed by atoms with E-state index in [1.165, 1.54) is 18.4 Å². The molecule has 0 aliphatic carbocycles. The largest absolute Gasteiger partial charge is 0.466 e. The molecular weight excluding hydrogens is 308 g/mol. The van der Waals surface area contributed by atoms with Gasteiger partial charge in [0.1, 0.15) is 0 Å². The summed E-state index contributed by atoms with van der Waals surface area (Å²) < 4.78 is 4.80. The average Bonchev–Trinajstić information content (AvgIpc) is 3.13. The van der Waals surface area contributed by atoms with Gasteiger partial charge in [-0.2, -0.15) is 0 Å². The number of carbonyl (C=O) groups excluding carboxylic acids is 2. The third-order valence-corrected chi connectivity index (χ3v) is 4.55. The van der Waals surface area contributed by atoms with Gasteiger partial charge >= 0.3 is 5.97 Å². The Kier molecular flexibility index (Phi) is 5.66. The van der Waals surface area contributed by atoms with E-state index in [1.807, 2.05) is 41.8 Å². The summed E-state index contributed by atoms with van der Waals surface area (Å²) in [5, 5.41) is 1.85. The topological polar surface area (TPSA) is 43.4 Å². The monoisotopic (exact) mass is 326 g/mol. The zero-order valence-electron chi connectivity index (χ0n) is 12.9. The molecule has 0 N–H and O–H groups in total. The molecule has 2 atom stereocenters. The molecule has 0 radical (unpaired) electrons. The Labute approximate surface area is 139 Å². The Morgan fingerprint density at radius 2 is 1.87 bits per heavy atom. The van der Waals surface area contributed by atoms with Crippen molar-refractivity contribution in [2.75, 3.05) is 7.11 Å². The highest BCUT2D eigenvalue weighted by atomic mass is 32.1. The van der Waals surface area contributed by atoms with E-state index in [9.17, 15) is 9.59 Å². The predicted octanol–water partition coefficient (Wildman–Crippen LogP) is 4.25. The molecule has 118 valence electrons. The molecule has 0 spiro atoms. The Morgan fingerprint density at radius 1 is 1.17 bits per heavy atom. The average molecular weight is 326 g/mol. The first-order valence-electron chi connectivity index (χ1n) is 7.12. The molecule has 0 saturated carbocycles. The molecule has 0 aliphatic heterocycles. The molecule has 2 aromatic rings. The molecule has 0 bridgehead atoms. The molecule has 4 heteroatoms. The van der Waals surface area contributed by atoms with Crippen LogP contribution >= 0.6 is 11.3 Å². The molecule has 0 amide bonds. The maximum Gasteiger partial charge on any atom is 0.333 e. The SMILES string of the molecule is C=C[C@H](C(=O)c1cccs1)[C@@H](C(=C)C(=O)OC)c1ccccc1. The van der Waals surface area contributed by atoms with Crippen molar-refractivity contribution in [3.8, 4) is 0 Å². The molecule has 0 fully saturated rings. The number of ether oxygens (including phenoxy) is 1. The molecule has 23 heavy (non-hydrogen) atoms. The number of methoxy groups -OCH3 is 1. The summed E-state index contributed by atoms with van der Waals surface area (Å²) in [5.74, 6) is -1.68. The van der Waals surface area contributed by atoms with E-state index in [2.05, 4.69) is 13.2 Å². The van der Waals surface area contributed by atoms with E-state index >= 15 is 0 Å². The fraction of sp³-hybridized carbons (Fsp3) is 0.158. The van der Waals surface area contributed by atoms with Gasteiger partial charge in [0.25, 0.3) is 0 Å². The van der Waals surface area contributed by atoms with Crippen LogP contribution in [0.25, 0.3) is 0 Å². The Balaban J connectivity index is 2.46. The lowest BCUT2D eigenvalue weighted by molar-refractivity contribution is -0.136. The van der Waals surface area contributed by atoms with Crippen LogP contribution in [0.1, 0.15) is 21.2 Å². The number of hydrogen-bond donors (Lipinski definition) is 0. The molecular formula is C19H18O3S. The second kappa shape index (κ2) is 7.70. The molecule has 1 aromatic heterocycles. The third kappa shape index (κ3) is 3.66. The highest BCUT2D eigenvalue weighted by Gasteiger charge is 2.33. The van der Waals surface area contributed by atoms with Crippen LogP contribution in [0.4, 0.5) is 0 Å². The number of Topliss-reactive ketones (excluding diaryl/α,β-unsaturated/α-hetero) is 1. The van der Waals surface area contributed by atoms with E-state index in [4.69, 9.17) is 4.74 Å². The van der Waals surface area contributed by atoms with Gasteiger partial charge in [-0.05, 0) is 17.0 Å². The zero-order valence-corrected chi connectivity index (χ0v) is 13.7. The van der Waals surface area contributed by atoms with Gasteiger partial charge in [0.2, 0.25) is 0 Å². The van der Waals surface area contributed by atoms with Gasteiger partial charge in [-0.3, -0.25) is 4.79 Å². The smallest absolute Gasteiger partial charge is 0.333 e. The second-order valence-corrected chi connectivity index (χ2v) is 5.96. The number of ketones is 1. The minimum Gasteiger partial charge on any atom is -0.466 e. The quantitative estimate of drug-likeness (QED) is 0.331. The number of esters is 1. The van der Waals surface area contributed by atoms with Crippen LogP contribution in [-0.2, 0) is 9.53 Å². The van der Waals surface area contributed by atoms with Crippen molar-refractivity contribution >= 4 is 23.1 Å². The number of benzene rings is 1. The zero-order chi connectivity index (χ0) is 16.8. The van der Waals surface area contributed by atoms with Crippen LogP contribution in [-0.4, -0.2) is 18.9 Å². The van der Waals surface area contributed by atoms with Crippen molar-refractivity contribution in [2.45, 2.75) is 5.92 Å². The highest BCUT2D eigenvalue weighted by molar-refractivity contribution is 7.12. The first-order chi connectivity index (χ1) is 11.1. The summed E-state index contributed by atoms with van der Waals surface area (Å²) in [6.45, 7) is 7.66. The standard InChI is InChI=1S/C19H18O3S/c1-4-15(18(20)16-11-8-12-23-16)17(13(2)19(21)22-3)14-9-6-5-7-10-14/h4-12,15,17H,1-2H2,3H3/t15-,17-/m0/s1. The molecule has 3 nitrogen and oxygen atoms in total. The van der Waals surface area contributed by atoms with Gasteiger partial charge < -0.3 is 4.74 Å². The fourth-order valence-electron chi connectivity index (χ4n) is 2.52. The molecule has 0 saturated heterocycles. The van der Waals surface area contributed by atoms with Crippen LogP contribution < -0.4 is 0 Å². The third-order valence-electron chi connectivity index (χ3n) is 3.66. The number of allylic oxidation sites excluding steroid dienone is 1. The molecule has 0 aliphatic rings. The van der Waals surface area contributed by atoms with Crippen molar-refractivity contribution in [3.63, 3.8) is 0 Å². The van der Waals surface area contributed by atoms with Crippen molar-refractivity contribution < 1.29 is 14.3 Å². The summed E-state index contributed by atoms with van der Waals surface area (Å²) in [5.41, 5.74) is 1.08. The highest BCUT2D eigenvalue weighted by Crippen LogP contribution is 2.35. The lowest BCUT2D eigenvalue weighted by Gasteiger charge is -2.24. The minimum atomic E-state index is -0.581. The molecule has 1 heterocycles. The maximum atomic E-state index is 12.8. The van der Waals surface area contributed by atoms with Crippen molar-refractivity contribution in [1.29, 1.82) is 0 Å². The number of thiophene rings is 1. The second-order valence-electron chi connectivity index (χ2n) is 5.01. The summed E-state index contributed by atoms with van der Waals surface area (Å²) >= 11 is 1.37. The van der Waals surface area contributed by atoms with E-state index in [-0.39, 0.29) is 11.4 Å². The van der Waals surface area contributed by atoms with Gasteiger partial charge in [0.15, 0.2) is 5.78 Å². The van der Waals surface area contributed by atoms with Crippen molar-refractivity contribution in [3.05, 3.63) is 83.1 Å². The van der Waals surface area contributed by atoms with E-state index in [1.54, 1.807) is 12.1 Å². The summed E-state index contributed by atoms with van der Waals surface area (Å²) in [7, 11) is 1.31. The first kappa shape index (κ1) is 16.9. The van der Waals surface area contributed by atoms with Gasteiger partial charge in [0.05, 0.1) is 17.9 Å². The lowest BCUT2D eigenvalue weighted by atomic mass is 9.78. The number of carbonyl (C=O) groups is 2. The fourth-order valence-corrected chi connectivity index (χ4v) is 3.23. The molecule has 1 aromatic carbocycles. The predicted molar refractivity (Wildman–Crippen MR) is 92.7 cm³/mol. The van der Waals surface area contributed by atoms with E-state index in [0.717, 1.165) is 5.56 Å². The normalized spacial score (nSPS) is 12.9. The van der Waals surface area contributed by atoms with E-state index in [0.29, 0.717) is 4.88 Å². The van der Waals surface area contributed by atoms with Crippen LogP contribution in [0.5, 0.6) is 0 Å². The van der Waals surface area contributed by atoms with E-state index < -0.39 is 17.8 Å². The Morgan fingerprint density at radius 3 is 2.39 bits per heavy atom. The van der Waals surface area contributed by atoms with Gasteiger partial charge in [-0.15, -0.1) is 17.9 Å². The van der Waals surface area contributed by atoms with Crippen LogP contribution in [0, 0.1) is 5.92 Å². The summed E-state index contributed by atoms with van der Waals surface area (Å²) in [6, 6.07) is 12.9. The Bertz CT molecular complexity index is 701. The number of hydrogen-bond acceptors (Lipinski definition) is 4. The number of rotatable bonds is 7. The van der Waals surface area contributed by atoms with Crippen molar-refractivity contribution in [2.24, 2.45) is 5.92 Å². The van der Waals surface area contributed by atoms with Gasteiger partial charge in [-0.1, -0.05) is 49.1 Å². The lowest BCUT2D eigenvalue weighted by Crippen LogP contribution is -2.25. The van der Waals surface area contributed by atoms with Crippen molar-refractivity contribution in [1.82, 2.24) is 0 Å².